The summed E-state index contributed by atoms with van der Waals surface area (Å²) in [4.78, 5) is 11.2. The summed E-state index contributed by atoms with van der Waals surface area (Å²) in [6.45, 7) is 3.19. The van der Waals surface area contributed by atoms with Gasteiger partial charge in [-0.05, 0) is 32.0 Å². The van der Waals surface area contributed by atoms with Gasteiger partial charge in [0.05, 0.1) is 22.5 Å². The zero-order valence-electron chi connectivity index (χ0n) is 10.3. The Morgan fingerprint density at radius 3 is 2.58 bits per heavy atom. The molecular formula is C10H14ClN3O4S. The van der Waals surface area contributed by atoms with Crippen molar-refractivity contribution in [3.8, 4) is 0 Å². The molecule has 0 aliphatic rings. The molecule has 1 rings (SSSR count). The van der Waals surface area contributed by atoms with E-state index in [2.05, 4.69) is 9.46 Å². The van der Waals surface area contributed by atoms with Crippen LogP contribution in [0.2, 0.25) is 5.02 Å². The molecule has 106 valence electrons. The molecule has 0 saturated heterocycles. The average molecular weight is 308 g/mol. The Morgan fingerprint density at radius 1 is 1.42 bits per heavy atom. The van der Waals surface area contributed by atoms with Gasteiger partial charge in [0, 0.05) is 0 Å². The molecule has 1 aromatic carbocycles. The van der Waals surface area contributed by atoms with Crippen LogP contribution in [0.25, 0.3) is 0 Å². The third-order valence-electron chi connectivity index (χ3n) is 1.81. The second-order valence-electron chi connectivity index (χ2n) is 3.90. The zero-order chi connectivity index (χ0) is 14.6. The van der Waals surface area contributed by atoms with Gasteiger partial charge in [0.1, 0.15) is 0 Å². The summed E-state index contributed by atoms with van der Waals surface area (Å²) in [5, 5.41) is 0.199. The van der Waals surface area contributed by atoms with E-state index in [9.17, 15) is 13.2 Å². The number of anilines is 2. The van der Waals surface area contributed by atoms with Gasteiger partial charge in [0.25, 0.3) is 0 Å². The number of hydrogen-bond donors (Lipinski definition) is 3. The van der Waals surface area contributed by atoms with Crippen molar-refractivity contribution in [2.24, 2.45) is 0 Å². The van der Waals surface area contributed by atoms with Crippen molar-refractivity contribution in [1.82, 2.24) is 4.72 Å². The molecule has 0 unspecified atom stereocenters. The maximum atomic E-state index is 11.6. The van der Waals surface area contributed by atoms with Crippen molar-refractivity contribution < 1.29 is 17.9 Å². The molecule has 1 aromatic rings. The molecule has 0 heterocycles. The quantitative estimate of drug-likeness (QED) is 0.733. The number of nitrogens with one attached hydrogen (secondary N) is 2. The Bertz CT molecular complexity index is 574. The average Bonchev–Trinajstić information content (AvgIpc) is 2.20. The molecule has 0 radical (unpaired) electrons. The first-order chi connectivity index (χ1) is 8.69. The molecule has 0 spiro atoms. The van der Waals surface area contributed by atoms with Crippen molar-refractivity contribution >= 4 is 39.3 Å². The van der Waals surface area contributed by atoms with Crippen LogP contribution in [0.15, 0.2) is 18.2 Å². The minimum absolute atomic E-state index is 0.170. The Hall–Kier alpha value is -1.67. The fourth-order valence-corrected chi connectivity index (χ4v) is 2.06. The van der Waals surface area contributed by atoms with E-state index in [1.807, 2.05) is 0 Å². The van der Waals surface area contributed by atoms with Crippen LogP contribution < -0.4 is 15.2 Å². The van der Waals surface area contributed by atoms with Gasteiger partial charge in [0.15, 0.2) is 0 Å². The number of benzene rings is 1. The summed E-state index contributed by atoms with van der Waals surface area (Å²) in [6, 6.07) is 4.17. The Labute approximate surface area is 116 Å². The predicted octanol–water partition coefficient (Wildman–Crippen LogP) is 1.71. The van der Waals surface area contributed by atoms with E-state index < -0.39 is 22.4 Å². The van der Waals surface area contributed by atoms with E-state index in [0.717, 1.165) is 0 Å². The maximum absolute atomic E-state index is 11.6. The topological polar surface area (TPSA) is 111 Å². The smallest absolute Gasteiger partial charge is 0.422 e. The molecule has 19 heavy (non-hydrogen) atoms. The van der Waals surface area contributed by atoms with Crippen LogP contribution in [0.5, 0.6) is 0 Å². The molecule has 0 saturated carbocycles. The molecule has 0 aliphatic heterocycles. The number of carbonyl (C=O) groups excluding carboxylic acids is 1. The third kappa shape index (κ3) is 5.23. The number of halogens is 1. The van der Waals surface area contributed by atoms with Crippen molar-refractivity contribution in [3.05, 3.63) is 23.2 Å². The minimum atomic E-state index is -4.08. The van der Waals surface area contributed by atoms with Gasteiger partial charge >= 0.3 is 16.3 Å². The fourth-order valence-electron chi connectivity index (χ4n) is 1.12. The SMILES string of the molecule is CC(C)OC(=O)NS(=O)(=O)Nc1ccc(N)c(Cl)c1. The monoisotopic (exact) mass is 307 g/mol. The van der Waals surface area contributed by atoms with Gasteiger partial charge in [0.2, 0.25) is 0 Å². The lowest BCUT2D eigenvalue weighted by Crippen LogP contribution is -2.36. The first kappa shape index (κ1) is 15.4. The highest BCUT2D eigenvalue weighted by Gasteiger charge is 2.16. The Kier molecular flexibility index (Phi) is 4.84. The first-order valence-corrected chi connectivity index (χ1v) is 7.12. The number of nitrogens with two attached hydrogens (primary N) is 1. The number of ether oxygens (including phenoxy) is 1. The highest BCUT2D eigenvalue weighted by atomic mass is 35.5. The van der Waals surface area contributed by atoms with Crippen LogP contribution in [0.3, 0.4) is 0 Å². The van der Waals surface area contributed by atoms with Crippen LogP contribution in [0.1, 0.15) is 13.8 Å². The van der Waals surface area contributed by atoms with Crippen LogP contribution in [0, 0.1) is 0 Å². The number of carbonyl (C=O) groups is 1. The summed E-state index contributed by atoms with van der Waals surface area (Å²) >= 11 is 5.75. The molecule has 1 amide bonds. The van der Waals surface area contributed by atoms with Gasteiger partial charge in [-0.3, -0.25) is 4.72 Å². The lowest BCUT2D eigenvalue weighted by atomic mass is 10.3. The van der Waals surface area contributed by atoms with E-state index >= 15 is 0 Å². The van der Waals surface area contributed by atoms with Gasteiger partial charge in [-0.25, -0.2) is 9.52 Å². The molecular weight excluding hydrogens is 294 g/mol. The highest BCUT2D eigenvalue weighted by molar-refractivity contribution is 7.91. The normalized spacial score (nSPS) is 11.2. The molecule has 4 N–H and O–H groups in total. The summed E-state index contributed by atoms with van der Waals surface area (Å²) in [5.41, 5.74) is 5.98. The summed E-state index contributed by atoms with van der Waals surface area (Å²) in [7, 11) is -4.08. The fraction of sp³-hybridized carbons (Fsp3) is 0.300. The lowest BCUT2D eigenvalue weighted by Gasteiger charge is -2.12. The van der Waals surface area contributed by atoms with Crippen LogP contribution in [0.4, 0.5) is 16.2 Å². The van der Waals surface area contributed by atoms with E-state index in [0.29, 0.717) is 5.69 Å². The van der Waals surface area contributed by atoms with Crippen LogP contribution >= 0.6 is 11.6 Å². The van der Waals surface area contributed by atoms with Gasteiger partial charge in [-0.2, -0.15) is 8.42 Å². The second-order valence-corrected chi connectivity index (χ2v) is 5.72. The number of nitrogen functional groups attached to an aromatic ring is 1. The van der Waals surface area contributed by atoms with Gasteiger partial charge in [-0.15, -0.1) is 0 Å². The molecule has 0 fully saturated rings. The standard InChI is InChI=1S/C10H14ClN3O4S/c1-6(2)18-10(15)14-19(16,17)13-7-3-4-9(12)8(11)5-7/h3-6,13H,12H2,1-2H3,(H,14,15). The van der Waals surface area contributed by atoms with E-state index in [1.165, 1.54) is 18.2 Å². The second kappa shape index (κ2) is 5.98. The van der Waals surface area contributed by atoms with Crippen molar-refractivity contribution in [1.29, 1.82) is 0 Å². The van der Waals surface area contributed by atoms with Crippen molar-refractivity contribution in [3.63, 3.8) is 0 Å². The number of amides is 1. The van der Waals surface area contributed by atoms with E-state index in [4.69, 9.17) is 17.3 Å². The van der Waals surface area contributed by atoms with Crippen molar-refractivity contribution in [2.75, 3.05) is 10.5 Å². The van der Waals surface area contributed by atoms with Gasteiger partial charge < -0.3 is 10.5 Å². The highest BCUT2D eigenvalue weighted by Crippen LogP contribution is 2.22. The molecule has 0 aromatic heterocycles. The first-order valence-electron chi connectivity index (χ1n) is 5.26. The Balaban J connectivity index is 2.74. The molecule has 0 atom stereocenters. The van der Waals surface area contributed by atoms with Crippen LogP contribution in [-0.4, -0.2) is 20.6 Å². The predicted molar refractivity (Wildman–Crippen MR) is 73.2 cm³/mol. The minimum Gasteiger partial charge on any atom is -0.446 e. The number of hydrogen-bond acceptors (Lipinski definition) is 5. The zero-order valence-corrected chi connectivity index (χ0v) is 11.9. The molecule has 0 bridgehead atoms. The summed E-state index contributed by atoms with van der Waals surface area (Å²) in [5.74, 6) is 0. The Morgan fingerprint density at radius 2 is 2.05 bits per heavy atom. The molecule has 9 heteroatoms. The largest absolute Gasteiger partial charge is 0.446 e. The van der Waals surface area contributed by atoms with Crippen LogP contribution in [-0.2, 0) is 14.9 Å². The van der Waals surface area contributed by atoms with Crippen molar-refractivity contribution in [2.45, 2.75) is 20.0 Å². The van der Waals surface area contributed by atoms with Gasteiger partial charge in [-0.1, -0.05) is 11.6 Å². The number of rotatable bonds is 4. The summed E-state index contributed by atoms with van der Waals surface area (Å²) < 4.78 is 31.6. The molecule has 0 aliphatic carbocycles. The maximum Gasteiger partial charge on any atom is 0.422 e. The van der Waals surface area contributed by atoms with E-state index in [1.54, 1.807) is 18.6 Å². The third-order valence-corrected chi connectivity index (χ3v) is 3.08. The lowest BCUT2D eigenvalue weighted by molar-refractivity contribution is 0.121. The molecule has 7 nitrogen and oxygen atoms in total. The summed E-state index contributed by atoms with van der Waals surface area (Å²) in [6.07, 6.45) is -1.50. The van der Waals surface area contributed by atoms with E-state index in [-0.39, 0.29) is 10.7 Å².